The molecule has 2 aliphatic heterocycles. The van der Waals surface area contributed by atoms with Crippen LogP contribution in [0.2, 0.25) is 5.02 Å². The highest BCUT2D eigenvalue weighted by atomic mass is 127. The molecule has 0 atom stereocenters. The molecular weight excluding hydrogens is 393 g/mol. The molecule has 0 radical (unpaired) electrons. The number of nitrogens with zero attached hydrogens (tertiary/aromatic N) is 1. The molecule has 0 aromatic heterocycles. The van der Waals surface area contributed by atoms with Crippen LogP contribution in [0.15, 0.2) is 18.2 Å². The maximum atomic E-state index is 12.6. The fourth-order valence-corrected chi connectivity index (χ4v) is 3.22. The quantitative estimate of drug-likeness (QED) is 0.672. The second-order valence-electron chi connectivity index (χ2n) is 5.07. The first-order valence-corrected chi connectivity index (χ1v) is 8.08. The molecule has 3 rings (SSSR count). The maximum Gasteiger partial charge on any atom is 0.254 e. The Morgan fingerprint density at radius 2 is 2.10 bits per heavy atom. The maximum absolute atomic E-state index is 12.6. The van der Waals surface area contributed by atoms with E-state index >= 15 is 0 Å². The summed E-state index contributed by atoms with van der Waals surface area (Å²) >= 11 is 8.24. The summed E-state index contributed by atoms with van der Waals surface area (Å²) in [5.41, 5.74) is 0.616. The van der Waals surface area contributed by atoms with Crippen molar-refractivity contribution in [1.29, 1.82) is 0 Å². The van der Waals surface area contributed by atoms with E-state index in [1.165, 1.54) is 0 Å². The van der Waals surface area contributed by atoms with Crippen LogP contribution in [0, 0.1) is 3.57 Å². The monoisotopic (exact) mass is 407 g/mol. The second-order valence-corrected chi connectivity index (χ2v) is 6.64. The van der Waals surface area contributed by atoms with E-state index in [1.807, 2.05) is 12.1 Å². The van der Waals surface area contributed by atoms with E-state index in [9.17, 15) is 4.79 Å². The lowest BCUT2D eigenvalue weighted by Crippen LogP contribution is -2.51. The second kappa shape index (κ2) is 5.79. The van der Waals surface area contributed by atoms with Crippen LogP contribution in [0.3, 0.4) is 0 Å². The largest absolute Gasteiger partial charge is 0.346 e. The number of carbonyl (C=O) groups is 1. The molecule has 0 unspecified atom stereocenters. The van der Waals surface area contributed by atoms with Gasteiger partial charge in [0.1, 0.15) is 0 Å². The molecule has 1 aromatic rings. The van der Waals surface area contributed by atoms with Crippen LogP contribution in [0.1, 0.15) is 23.2 Å². The molecule has 2 fully saturated rings. The van der Waals surface area contributed by atoms with Gasteiger partial charge in [0.05, 0.1) is 24.8 Å². The summed E-state index contributed by atoms with van der Waals surface area (Å²) in [5, 5.41) is 0.608. The van der Waals surface area contributed by atoms with Gasteiger partial charge in [-0.3, -0.25) is 4.79 Å². The summed E-state index contributed by atoms with van der Waals surface area (Å²) in [6.07, 6.45) is 1.74. The van der Waals surface area contributed by atoms with E-state index in [4.69, 9.17) is 21.1 Å². The Balaban J connectivity index is 1.77. The van der Waals surface area contributed by atoms with Crippen LogP contribution in [0.4, 0.5) is 0 Å². The van der Waals surface area contributed by atoms with Crippen molar-refractivity contribution in [2.75, 3.05) is 26.3 Å². The van der Waals surface area contributed by atoms with E-state index in [1.54, 1.807) is 11.0 Å². The van der Waals surface area contributed by atoms with Crippen LogP contribution >= 0.6 is 34.2 Å². The van der Waals surface area contributed by atoms with Gasteiger partial charge in [-0.05, 0) is 47.2 Å². The van der Waals surface area contributed by atoms with Gasteiger partial charge in [0.25, 0.3) is 5.91 Å². The predicted octanol–water partition coefficient (Wildman–Crippen LogP) is 2.92. The minimum Gasteiger partial charge on any atom is -0.346 e. The number of rotatable bonds is 1. The lowest BCUT2D eigenvalue weighted by atomic mass is 10.0. The third-order valence-electron chi connectivity index (χ3n) is 3.68. The number of carbonyl (C=O) groups excluding carboxylic acids is 1. The van der Waals surface area contributed by atoms with E-state index in [0.717, 1.165) is 23.0 Å². The first-order chi connectivity index (χ1) is 9.60. The van der Waals surface area contributed by atoms with Crippen molar-refractivity contribution in [3.05, 3.63) is 32.4 Å². The Bertz CT molecular complexity index is 531. The Kier molecular flexibility index (Phi) is 4.21. The van der Waals surface area contributed by atoms with Crippen LogP contribution < -0.4 is 0 Å². The highest BCUT2D eigenvalue weighted by Crippen LogP contribution is 2.31. The van der Waals surface area contributed by atoms with Gasteiger partial charge >= 0.3 is 0 Å². The lowest BCUT2D eigenvalue weighted by Gasteiger charge is -2.38. The Labute approximate surface area is 136 Å². The third-order valence-corrected chi connectivity index (χ3v) is 5.26. The van der Waals surface area contributed by atoms with Crippen molar-refractivity contribution in [2.24, 2.45) is 0 Å². The SMILES string of the molecule is O=C(c1ccc(I)c(Cl)c1)N1CCCC2(C1)OCCO2. The average molecular weight is 408 g/mol. The smallest absolute Gasteiger partial charge is 0.254 e. The average Bonchev–Trinajstić information content (AvgIpc) is 2.89. The van der Waals surface area contributed by atoms with E-state index < -0.39 is 5.79 Å². The third kappa shape index (κ3) is 2.81. The van der Waals surface area contributed by atoms with Crippen molar-refractivity contribution >= 4 is 40.1 Å². The Hall–Kier alpha value is -0.370. The molecule has 1 spiro atoms. The van der Waals surface area contributed by atoms with E-state index in [0.29, 0.717) is 30.3 Å². The number of halogens is 2. The van der Waals surface area contributed by atoms with Gasteiger partial charge in [0, 0.05) is 22.1 Å². The Morgan fingerprint density at radius 1 is 1.35 bits per heavy atom. The zero-order valence-electron chi connectivity index (χ0n) is 10.9. The zero-order valence-corrected chi connectivity index (χ0v) is 13.8. The summed E-state index contributed by atoms with van der Waals surface area (Å²) in [7, 11) is 0. The number of amides is 1. The molecule has 6 heteroatoms. The Morgan fingerprint density at radius 3 is 2.80 bits per heavy atom. The molecule has 1 aromatic carbocycles. The molecule has 1 amide bonds. The number of ether oxygens (including phenoxy) is 2. The minimum atomic E-state index is -0.582. The molecule has 2 saturated heterocycles. The summed E-state index contributed by atoms with van der Waals surface area (Å²) in [5.74, 6) is -0.595. The van der Waals surface area contributed by atoms with Gasteiger partial charge < -0.3 is 14.4 Å². The fourth-order valence-electron chi connectivity index (χ4n) is 2.71. The van der Waals surface area contributed by atoms with Gasteiger partial charge in [0.15, 0.2) is 5.79 Å². The summed E-state index contributed by atoms with van der Waals surface area (Å²) < 4.78 is 12.3. The standard InChI is InChI=1S/C14H15ClINO3/c15-11-8-10(2-3-12(11)16)13(18)17-5-1-4-14(9-17)19-6-7-20-14/h2-3,8H,1,4-7,9H2. The summed E-state index contributed by atoms with van der Waals surface area (Å²) in [6.45, 7) is 2.45. The molecule has 20 heavy (non-hydrogen) atoms. The van der Waals surface area contributed by atoms with Crippen molar-refractivity contribution in [3.8, 4) is 0 Å². The van der Waals surface area contributed by atoms with Crippen molar-refractivity contribution < 1.29 is 14.3 Å². The van der Waals surface area contributed by atoms with Crippen LogP contribution in [0.25, 0.3) is 0 Å². The molecule has 2 aliphatic rings. The van der Waals surface area contributed by atoms with Gasteiger partial charge in [-0.25, -0.2) is 0 Å². The van der Waals surface area contributed by atoms with Crippen molar-refractivity contribution in [1.82, 2.24) is 4.90 Å². The number of piperidine rings is 1. The zero-order chi connectivity index (χ0) is 14.2. The van der Waals surface area contributed by atoms with Gasteiger partial charge in [-0.1, -0.05) is 11.6 Å². The summed E-state index contributed by atoms with van der Waals surface area (Å²) in [6, 6.07) is 5.40. The predicted molar refractivity (Wildman–Crippen MR) is 83.9 cm³/mol. The molecule has 0 aliphatic carbocycles. The lowest BCUT2D eigenvalue weighted by molar-refractivity contribution is -0.183. The van der Waals surface area contributed by atoms with Crippen LogP contribution in [-0.4, -0.2) is 42.9 Å². The minimum absolute atomic E-state index is 0.0125. The highest BCUT2D eigenvalue weighted by molar-refractivity contribution is 14.1. The van der Waals surface area contributed by atoms with E-state index in [2.05, 4.69) is 22.6 Å². The first-order valence-electron chi connectivity index (χ1n) is 6.62. The van der Waals surface area contributed by atoms with Crippen molar-refractivity contribution in [3.63, 3.8) is 0 Å². The topological polar surface area (TPSA) is 38.8 Å². The molecular formula is C14H15ClINO3. The molecule has 4 nitrogen and oxygen atoms in total. The van der Waals surface area contributed by atoms with Crippen LogP contribution in [-0.2, 0) is 9.47 Å². The van der Waals surface area contributed by atoms with Crippen molar-refractivity contribution in [2.45, 2.75) is 18.6 Å². The highest BCUT2D eigenvalue weighted by Gasteiger charge is 2.42. The van der Waals surface area contributed by atoms with Crippen LogP contribution in [0.5, 0.6) is 0 Å². The number of likely N-dealkylation sites (tertiary alicyclic amines) is 1. The van der Waals surface area contributed by atoms with Gasteiger partial charge in [-0.15, -0.1) is 0 Å². The fraction of sp³-hybridized carbons (Fsp3) is 0.500. The first kappa shape index (κ1) is 14.6. The summed E-state index contributed by atoms with van der Waals surface area (Å²) in [4.78, 5) is 14.4. The molecule has 0 saturated carbocycles. The molecule has 2 heterocycles. The van der Waals surface area contributed by atoms with Gasteiger partial charge in [0.2, 0.25) is 0 Å². The molecule has 0 bridgehead atoms. The number of hydrogen-bond donors (Lipinski definition) is 0. The number of hydrogen-bond acceptors (Lipinski definition) is 3. The van der Waals surface area contributed by atoms with E-state index in [-0.39, 0.29) is 5.91 Å². The van der Waals surface area contributed by atoms with Gasteiger partial charge in [-0.2, -0.15) is 0 Å². The number of benzene rings is 1. The molecule has 0 N–H and O–H groups in total. The molecule has 108 valence electrons. The normalized spacial score (nSPS) is 21.4.